The maximum atomic E-state index is 10.5. The van der Waals surface area contributed by atoms with Gasteiger partial charge in [-0.15, -0.1) is 0 Å². The predicted octanol–water partition coefficient (Wildman–Crippen LogP) is 3.54. The summed E-state index contributed by atoms with van der Waals surface area (Å²) in [6, 6.07) is 8.06. The molecule has 0 fully saturated rings. The van der Waals surface area contributed by atoms with Gasteiger partial charge in [-0.1, -0.05) is 0 Å². The van der Waals surface area contributed by atoms with Gasteiger partial charge >= 0.3 is 5.88 Å². The zero-order valence-electron chi connectivity index (χ0n) is 9.96. The number of hydrogen-bond donors (Lipinski definition) is 0. The number of ether oxygens (including phenoxy) is 2. The first-order valence-corrected chi connectivity index (χ1v) is 6.09. The number of nitro groups is 1. The minimum atomic E-state index is -0.590. The first-order valence-electron chi connectivity index (χ1n) is 5.29. The standard InChI is InChI=1S/C12H10BrNO5/c1-17-8-2-4-11(10(13)6-8)18-7-9-3-5-12(19-9)14(15)16/h2-6H,7H2,1H3. The maximum Gasteiger partial charge on any atom is 0.433 e. The summed E-state index contributed by atoms with van der Waals surface area (Å²) in [6.07, 6.45) is 0. The third-order valence-corrected chi connectivity index (χ3v) is 2.96. The second-order valence-electron chi connectivity index (χ2n) is 3.58. The maximum absolute atomic E-state index is 10.5. The van der Waals surface area contributed by atoms with Gasteiger partial charge in [0, 0.05) is 0 Å². The van der Waals surface area contributed by atoms with Crippen molar-refractivity contribution in [3.63, 3.8) is 0 Å². The molecule has 6 nitrogen and oxygen atoms in total. The number of benzene rings is 1. The van der Waals surface area contributed by atoms with Crippen LogP contribution >= 0.6 is 15.9 Å². The van der Waals surface area contributed by atoms with Crippen LogP contribution in [-0.4, -0.2) is 12.0 Å². The highest BCUT2D eigenvalue weighted by atomic mass is 79.9. The third-order valence-electron chi connectivity index (χ3n) is 2.34. The largest absolute Gasteiger partial charge is 0.497 e. The first kappa shape index (κ1) is 13.4. The van der Waals surface area contributed by atoms with Crippen LogP contribution in [0, 0.1) is 10.1 Å². The minimum Gasteiger partial charge on any atom is -0.497 e. The number of rotatable bonds is 5. The van der Waals surface area contributed by atoms with E-state index in [-0.39, 0.29) is 12.5 Å². The summed E-state index contributed by atoms with van der Waals surface area (Å²) in [7, 11) is 1.57. The normalized spacial score (nSPS) is 10.2. The van der Waals surface area contributed by atoms with E-state index in [4.69, 9.17) is 13.9 Å². The van der Waals surface area contributed by atoms with Gasteiger partial charge in [0.1, 0.15) is 28.8 Å². The van der Waals surface area contributed by atoms with Gasteiger partial charge in [0.25, 0.3) is 0 Å². The molecule has 1 aromatic carbocycles. The zero-order chi connectivity index (χ0) is 13.8. The topological polar surface area (TPSA) is 74.7 Å². The Labute approximate surface area is 117 Å². The molecule has 2 rings (SSSR count). The number of hydrogen-bond acceptors (Lipinski definition) is 5. The molecule has 7 heteroatoms. The fourth-order valence-electron chi connectivity index (χ4n) is 1.42. The van der Waals surface area contributed by atoms with Gasteiger partial charge in [0.15, 0.2) is 0 Å². The van der Waals surface area contributed by atoms with Crippen molar-refractivity contribution in [2.75, 3.05) is 7.11 Å². The Morgan fingerprint density at radius 2 is 2.16 bits per heavy atom. The van der Waals surface area contributed by atoms with Crippen LogP contribution in [0.3, 0.4) is 0 Å². The van der Waals surface area contributed by atoms with Crippen molar-refractivity contribution in [2.24, 2.45) is 0 Å². The van der Waals surface area contributed by atoms with Gasteiger partial charge < -0.3 is 13.9 Å². The summed E-state index contributed by atoms with van der Waals surface area (Å²) in [6.45, 7) is 0.110. The Morgan fingerprint density at radius 1 is 1.37 bits per heavy atom. The van der Waals surface area contributed by atoms with Gasteiger partial charge in [-0.05, 0) is 40.2 Å². The molecule has 0 radical (unpaired) electrons. The zero-order valence-corrected chi connectivity index (χ0v) is 11.5. The molecule has 0 unspecified atom stereocenters. The first-order chi connectivity index (χ1) is 9.10. The SMILES string of the molecule is COc1ccc(OCc2ccc([N+](=O)[O-])o2)c(Br)c1. The smallest absolute Gasteiger partial charge is 0.433 e. The highest BCUT2D eigenvalue weighted by molar-refractivity contribution is 9.10. The van der Waals surface area contributed by atoms with Gasteiger partial charge in [-0.2, -0.15) is 0 Å². The average molecular weight is 328 g/mol. The number of nitrogens with zero attached hydrogens (tertiary/aromatic N) is 1. The highest BCUT2D eigenvalue weighted by Gasteiger charge is 2.12. The number of furan rings is 1. The summed E-state index contributed by atoms with van der Waals surface area (Å²) in [5.41, 5.74) is 0. The Kier molecular flexibility index (Phi) is 4.06. The van der Waals surface area contributed by atoms with Crippen molar-refractivity contribution in [1.82, 2.24) is 0 Å². The van der Waals surface area contributed by atoms with Crippen LogP contribution < -0.4 is 9.47 Å². The van der Waals surface area contributed by atoms with Crippen LogP contribution in [0.1, 0.15) is 5.76 Å². The van der Waals surface area contributed by atoms with Crippen molar-refractivity contribution in [3.8, 4) is 11.5 Å². The molecular weight excluding hydrogens is 318 g/mol. The molecule has 0 saturated heterocycles. The average Bonchev–Trinajstić information content (AvgIpc) is 2.86. The van der Waals surface area contributed by atoms with Crippen LogP contribution in [0.2, 0.25) is 0 Å². The van der Waals surface area contributed by atoms with E-state index < -0.39 is 4.92 Å². The van der Waals surface area contributed by atoms with Crippen molar-refractivity contribution < 1.29 is 18.8 Å². The molecule has 0 saturated carbocycles. The Morgan fingerprint density at radius 3 is 2.74 bits per heavy atom. The van der Waals surface area contributed by atoms with Crippen molar-refractivity contribution in [1.29, 1.82) is 0 Å². The lowest BCUT2D eigenvalue weighted by Crippen LogP contribution is -1.95. The van der Waals surface area contributed by atoms with Gasteiger partial charge in [0.05, 0.1) is 17.6 Å². The molecule has 0 atom stereocenters. The summed E-state index contributed by atoms with van der Waals surface area (Å²) < 4.78 is 16.3. The van der Waals surface area contributed by atoms with E-state index in [9.17, 15) is 10.1 Å². The van der Waals surface area contributed by atoms with E-state index in [0.29, 0.717) is 17.3 Å². The van der Waals surface area contributed by atoms with Crippen LogP contribution in [0.5, 0.6) is 11.5 Å². The molecule has 0 bridgehead atoms. The van der Waals surface area contributed by atoms with Crippen LogP contribution in [0.25, 0.3) is 0 Å². The van der Waals surface area contributed by atoms with Crippen molar-refractivity contribution in [2.45, 2.75) is 6.61 Å². The van der Waals surface area contributed by atoms with Crippen LogP contribution in [0.15, 0.2) is 39.2 Å². The number of methoxy groups -OCH3 is 1. The fourth-order valence-corrected chi connectivity index (χ4v) is 1.89. The summed E-state index contributed by atoms with van der Waals surface area (Å²) in [5, 5.41) is 10.5. The molecule has 2 aromatic rings. The summed E-state index contributed by atoms with van der Waals surface area (Å²) >= 11 is 3.35. The molecule has 1 aromatic heterocycles. The molecular formula is C12H10BrNO5. The highest BCUT2D eigenvalue weighted by Crippen LogP contribution is 2.30. The minimum absolute atomic E-state index is 0.110. The number of halogens is 1. The van der Waals surface area contributed by atoms with E-state index in [1.165, 1.54) is 12.1 Å². The lowest BCUT2D eigenvalue weighted by Gasteiger charge is -2.07. The molecule has 0 aliphatic rings. The summed E-state index contributed by atoms with van der Waals surface area (Å²) in [5.74, 6) is 1.38. The second-order valence-corrected chi connectivity index (χ2v) is 4.44. The Bertz CT molecular complexity index is 596. The van der Waals surface area contributed by atoms with E-state index in [1.54, 1.807) is 25.3 Å². The fraction of sp³-hybridized carbons (Fsp3) is 0.167. The molecule has 19 heavy (non-hydrogen) atoms. The summed E-state index contributed by atoms with van der Waals surface area (Å²) in [4.78, 5) is 9.87. The third kappa shape index (κ3) is 3.25. The molecule has 0 spiro atoms. The lowest BCUT2D eigenvalue weighted by molar-refractivity contribution is -0.402. The van der Waals surface area contributed by atoms with E-state index in [2.05, 4.69) is 15.9 Å². The van der Waals surface area contributed by atoms with E-state index in [1.807, 2.05) is 0 Å². The van der Waals surface area contributed by atoms with Crippen molar-refractivity contribution in [3.05, 3.63) is 50.7 Å². The second kappa shape index (κ2) is 5.75. The van der Waals surface area contributed by atoms with Crippen molar-refractivity contribution >= 4 is 21.8 Å². The van der Waals surface area contributed by atoms with Crippen LogP contribution in [0.4, 0.5) is 5.88 Å². The molecule has 0 amide bonds. The van der Waals surface area contributed by atoms with Gasteiger partial charge in [-0.3, -0.25) is 10.1 Å². The molecule has 1 heterocycles. The Hall–Kier alpha value is -2.02. The van der Waals surface area contributed by atoms with E-state index in [0.717, 1.165) is 4.47 Å². The van der Waals surface area contributed by atoms with Gasteiger partial charge in [-0.25, -0.2) is 0 Å². The predicted molar refractivity (Wildman–Crippen MR) is 70.4 cm³/mol. The molecule has 100 valence electrons. The lowest BCUT2D eigenvalue weighted by atomic mass is 10.3. The Balaban J connectivity index is 2.03. The quantitative estimate of drug-likeness (QED) is 0.620. The molecule has 0 aliphatic carbocycles. The van der Waals surface area contributed by atoms with Crippen LogP contribution in [-0.2, 0) is 6.61 Å². The molecule has 0 N–H and O–H groups in total. The monoisotopic (exact) mass is 327 g/mol. The van der Waals surface area contributed by atoms with E-state index >= 15 is 0 Å². The van der Waals surface area contributed by atoms with Gasteiger partial charge in [0.2, 0.25) is 0 Å². The molecule has 0 aliphatic heterocycles.